The highest BCUT2D eigenvalue weighted by Gasteiger charge is 1.95. The number of hydrogen-bond acceptors (Lipinski definition) is 1. The van der Waals surface area contributed by atoms with Crippen LogP contribution in [0.5, 0.6) is 0 Å². The van der Waals surface area contributed by atoms with Gasteiger partial charge in [0.15, 0.2) is 0 Å². The Morgan fingerprint density at radius 2 is 2.33 bits per heavy atom. The van der Waals surface area contributed by atoms with E-state index in [1.54, 1.807) is 22.6 Å². The number of aromatic nitrogens is 1. The van der Waals surface area contributed by atoms with E-state index in [-0.39, 0.29) is 0 Å². The Morgan fingerprint density at radius 1 is 1.67 bits per heavy atom. The summed E-state index contributed by atoms with van der Waals surface area (Å²) in [7, 11) is 0. The first-order valence-corrected chi connectivity index (χ1v) is 3.32. The quantitative estimate of drug-likeness (QED) is 0.676. The maximum absolute atomic E-state index is 12.4. The van der Waals surface area contributed by atoms with Gasteiger partial charge in [-0.2, -0.15) is 0 Å². The molecule has 1 aromatic rings. The number of halogens is 2. The van der Waals surface area contributed by atoms with Crippen molar-refractivity contribution in [2.75, 3.05) is 0 Å². The topological polar surface area (TPSA) is 32.9 Å². The normalized spacial score (nSPS) is 9.56. The lowest BCUT2D eigenvalue weighted by molar-refractivity contribution is 0.615. The lowest BCUT2D eigenvalue weighted by Crippen LogP contribution is -2.04. The van der Waals surface area contributed by atoms with Crippen LogP contribution in [0.1, 0.15) is 0 Å². The lowest BCUT2D eigenvalue weighted by atomic mass is 10.5. The Hall–Kier alpha value is -0.390. The molecule has 0 amide bonds. The Balaban J connectivity index is 3.34. The zero-order valence-electron chi connectivity index (χ0n) is 4.32. The Bertz CT molecular complexity index is 270. The molecule has 0 saturated carbocycles. The van der Waals surface area contributed by atoms with Crippen LogP contribution in [0, 0.1) is 9.39 Å². The standard InChI is InChI=1S/C5H3FINO/c6-3-1-5(9)8-2-4(3)7/h1-2H,(H,8,9). The first-order chi connectivity index (χ1) is 4.20. The van der Waals surface area contributed by atoms with Crippen molar-refractivity contribution < 1.29 is 4.39 Å². The van der Waals surface area contributed by atoms with E-state index in [1.807, 2.05) is 0 Å². The van der Waals surface area contributed by atoms with Crippen molar-refractivity contribution in [1.82, 2.24) is 4.98 Å². The largest absolute Gasteiger partial charge is 0.328 e. The molecule has 0 radical (unpaired) electrons. The molecule has 0 spiro atoms. The summed E-state index contributed by atoms with van der Waals surface area (Å²) in [4.78, 5) is 12.7. The molecule has 1 heterocycles. The average Bonchev–Trinajstić information content (AvgIpc) is 1.80. The van der Waals surface area contributed by atoms with Gasteiger partial charge in [-0.15, -0.1) is 0 Å². The molecule has 0 fully saturated rings. The SMILES string of the molecule is O=c1cc(F)c(I)c[nH]1. The fraction of sp³-hybridized carbons (Fsp3) is 0. The van der Waals surface area contributed by atoms with Crippen LogP contribution in [0.2, 0.25) is 0 Å². The minimum absolute atomic E-state index is 0.409. The Labute approximate surface area is 64.2 Å². The Morgan fingerprint density at radius 3 is 2.78 bits per heavy atom. The molecule has 0 atom stereocenters. The molecule has 1 aromatic heterocycles. The van der Waals surface area contributed by atoms with E-state index in [2.05, 4.69) is 4.98 Å². The van der Waals surface area contributed by atoms with Crippen LogP contribution in [0.4, 0.5) is 4.39 Å². The molecule has 2 nitrogen and oxygen atoms in total. The third-order valence-corrected chi connectivity index (χ3v) is 1.65. The van der Waals surface area contributed by atoms with E-state index >= 15 is 0 Å². The first kappa shape index (κ1) is 6.73. The van der Waals surface area contributed by atoms with E-state index in [9.17, 15) is 9.18 Å². The smallest absolute Gasteiger partial charge is 0.250 e. The number of rotatable bonds is 0. The highest BCUT2D eigenvalue weighted by Crippen LogP contribution is 2.03. The molecule has 0 saturated heterocycles. The molecule has 4 heteroatoms. The molecular weight excluding hydrogens is 236 g/mol. The van der Waals surface area contributed by atoms with Gasteiger partial charge in [0.05, 0.1) is 3.57 Å². The van der Waals surface area contributed by atoms with Gasteiger partial charge in [-0.05, 0) is 22.6 Å². The van der Waals surface area contributed by atoms with Gasteiger partial charge in [0.2, 0.25) is 0 Å². The summed E-state index contributed by atoms with van der Waals surface area (Å²) in [5, 5.41) is 0. The molecule has 1 rings (SSSR count). The zero-order chi connectivity index (χ0) is 6.85. The summed E-state index contributed by atoms with van der Waals surface area (Å²) >= 11 is 1.80. The predicted molar refractivity (Wildman–Crippen MR) is 39.7 cm³/mol. The second-order valence-electron chi connectivity index (χ2n) is 1.49. The molecule has 1 N–H and O–H groups in total. The molecule has 0 aliphatic rings. The second kappa shape index (κ2) is 2.47. The van der Waals surface area contributed by atoms with Crippen LogP contribution in [-0.2, 0) is 0 Å². The van der Waals surface area contributed by atoms with Gasteiger partial charge in [-0.3, -0.25) is 4.79 Å². The molecule has 0 unspecified atom stereocenters. The highest BCUT2D eigenvalue weighted by atomic mass is 127. The van der Waals surface area contributed by atoms with Crippen LogP contribution in [0.25, 0.3) is 0 Å². The fourth-order valence-electron chi connectivity index (χ4n) is 0.429. The predicted octanol–water partition coefficient (Wildman–Crippen LogP) is 1.12. The van der Waals surface area contributed by atoms with Crippen LogP contribution in [-0.4, -0.2) is 4.98 Å². The molecule has 9 heavy (non-hydrogen) atoms. The lowest BCUT2D eigenvalue weighted by Gasteiger charge is -1.87. The second-order valence-corrected chi connectivity index (χ2v) is 2.66. The van der Waals surface area contributed by atoms with E-state index in [1.165, 1.54) is 6.20 Å². The van der Waals surface area contributed by atoms with Gasteiger partial charge >= 0.3 is 0 Å². The van der Waals surface area contributed by atoms with Crippen molar-refractivity contribution in [3.8, 4) is 0 Å². The van der Waals surface area contributed by atoms with Crippen molar-refractivity contribution in [2.45, 2.75) is 0 Å². The summed E-state index contributed by atoms with van der Waals surface area (Å²) in [5.41, 5.74) is -0.409. The van der Waals surface area contributed by atoms with Gasteiger partial charge < -0.3 is 4.98 Å². The van der Waals surface area contributed by atoms with E-state index in [4.69, 9.17) is 0 Å². The number of aromatic amines is 1. The summed E-state index contributed by atoms with van der Waals surface area (Å²) in [6, 6.07) is 0.918. The summed E-state index contributed by atoms with van der Waals surface area (Å²) in [5.74, 6) is -0.473. The number of pyridine rings is 1. The average molecular weight is 239 g/mol. The molecule has 0 aromatic carbocycles. The molecule has 0 aliphatic carbocycles. The van der Waals surface area contributed by atoms with Crippen molar-refractivity contribution in [3.05, 3.63) is 32.0 Å². The summed E-state index contributed by atoms with van der Waals surface area (Å²) in [6.07, 6.45) is 1.33. The summed E-state index contributed by atoms with van der Waals surface area (Å²) < 4.78 is 12.8. The van der Waals surface area contributed by atoms with Gasteiger partial charge in [0, 0.05) is 12.3 Å². The van der Waals surface area contributed by atoms with Crippen molar-refractivity contribution in [1.29, 1.82) is 0 Å². The number of H-pyrrole nitrogens is 1. The molecule has 0 bridgehead atoms. The fourth-order valence-corrected chi connectivity index (χ4v) is 0.741. The monoisotopic (exact) mass is 239 g/mol. The first-order valence-electron chi connectivity index (χ1n) is 2.24. The van der Waals surface area contributed by atoms with Gasteiger partial charge in [-0.1, -0.05) is 0 Å². The number of hydrogen-bond donors (Lipinski definition) is 1. The van der Waals surface area contributed by atoms with E-state index in [0.29, 0.717) is 3.57 Å². The maximum Gasteiger partial charge on any atom is 0.250 e. The maximum atomic E-state index is 12.4. The van der Waals surface area contributed by atoms with Crippen LogP contribution in [0.3, 0.4) is 0 Å². The molecule has 0 aliphatic heterocycles. The van der Waals surface area contributed by atoms with E-state index in [0.717, 1.165) is 6.07 Å². The molecule has 48 valence electrons. The van der Waals surface area contributed by atoms with E-state index < -0.39 is 11.4 Å². The van der Waals surface area contributed by atoms with Crippen LogP contribution >= 0.6 is 22.6 Å². The highest BCUT2D eigenvalue weighted by molar-refractivity contribution is 14.1. The van der Waals surface area contributed by atoms with Crippen LogP contribution in [0.15, 0.2) is 17.1 Å². The van der Waals surface area contributed by atoms with Gasteiger partial charge in [0.25, 0.3) is 5.56 Å². The zero-order valence-corrected chi connectivity index (χ0v) is 6.48. The third kappa shape index (κ3) is 1.51. The molecular formula is C5H3FINO. The van der Waals surface area contributed by atoms with Crippen molar-refractivity contribution in [3.63, 3.8) is 0 Å². The van der Waals surface area contributed by atoms with Crippen molar-refractivity contribution >= 4 is 22.6 Å². The van der Waals surface area contributed by atoms with Crippen LogP contribution < -0.4 is 5.56 Å². The summed E-state index contributed by atoms with van der Waals surface area (Å²) in [6.45, 7) is 0. The van der Waals surface area contributed by atoms with Gasteiger partial charge in [-0.25, -0.2) is 4.39 Å². The Kier molecular flexibility index (Phi) is 1.84. The third-order valence-electron chi connectivity index (χ3n) is 0.827. The van der Waals surface area contributed by atoms with Crippen molar-refractivity contribution in [2.24, 2.45) is 0 Å². The number of nitrogens with one attached hydrogen (secondary N) is 1. The minimum atomic E-state index is -0.473. The van der Waals surface area contributed by atoms with Gasteiger partial charge in [0.1, 0.15) is 5.82 Å². The minimum Gasteiger partial charge on any atom is -0.328 e.